The number of hydrogen-bond donors (Lipinski definition) is 3. The van der Waals surface area contributed by atoms with Gasteiger partial charge in [0.1, 0.15) is 0 Å². The third-order valence-corrected chi connectivity index (χ3v) is 3.77. The average molecular weight is 398 g/mol. The summed E-state index contributed by atoms with van der Waals surface area (Å²) in [7, 11) is 0. The maximum absolute atomic E-state index is 12.7. The highest BCUT2D eigenvalue weighted by molar-refractivity contribution is 6.32. The maximum Gasteiger partial charge on any atom is 0.416 e. The lowest BCUT2D eigenvalue weighted by Crippen LogP contribution is -2.20. The Bertz CT molecular complexity index is 865. The summed E-state index contributed by atoms with van der Waals surface area (Å²) in [5.41, 5.74) is 5.50. The first kappa shape index (κ1) is 20.3. The van der Waals surface area contributed by atoms with Crippen molar-refractivity contribution in [1.82, 2.24) is 5.32 Å². The van der Waals surface area contributed by atoms with Crippen LogP contribution >= 0.6 is 11.6 Å². The fourth-order valence-electron chi connectivity index (χ4n) is 2.11. The van der Waals surface area contributed by atoms with Gasteiger partial charge in [-0.2, -0.15) is 13.2 Å². The number of amides is 3. The van der Waals surface area contributed by atoms with E-state index in [9.17, 15) is 22.8 Å². The van der Waals surface area contributed by atoms with Crippen molar-refractivity contribution in [3.63, 3.8) is 0 Å². The summed E-state index contributed by atoms with van der Waals surface area (Å²) in [6.45, 7) is 0.191. The molecule has 3 amide bonds. The van der Waals surface area contributed by atoms with Gasteiger partial charge in [0.05, 0.1) is 5.56 Å². The highest BCUT2D eigenvalue weighted by atomic mass is 35.5. The van der Waals surface area contributed by atoms with Gasteiger partial charge in [0.2, 0.25) is 5.91 Å². The number of primary amides is 1. The number of nitrogens with one attached hydrogen (secondary N) is 2. The van der Waals surface area contributed by atoms with Gasteiger partial charge in [-0.1, -0.05) is 23.7 Å². The number of anilines is 1. The van der Waals surface area contributed by atoms with Crippen molar-refractivity contribution in [2.24, 2.45) is 5.73 Å². The summed E-state index contributed by atoms with van der Waals surface area (Å²) in [6.07, 6.45) is -2.18. The van der Waals surface area contributed by atoms with Crippen molar-refractivity contribution in [3.8, 4) is 0 Å². The third-order valence-electron chi connectivity index (χ3n) is 3.43. The molecule has 0 aliphatic heterocycles. The molecule has 0 unspecified atom stereocenters. The molecule has 27 heavy (non-hydrogen) atoms. The first-order chi connectivity index (χ1) is 12.6. The predicted octanol–water partition coefficient (Wildman–Crippen LogP) is 4.18. The number of carbonyl (C=O) groups is 2. The van der Waals surface area contributed by atoms with E-state index >= 15 is 0 Å². The highest BCUT2D eigenvalue weighted by Crippen LogP contribution is 2.32. The van der Waals surface area contributed by atoms with E-state index in [2.05, 4.69) is 10.6 Å². The molecular weight excluding hydrogens is 383 g/mol. The van der Waals surface area contributed by atoms with Crippen LogP contribution in [0.25, 0.3) is 6.08 Å². The molecule has 0 saturated heterocycles. The largest absolute Gasteiger partial charge is 0.416 e. The molecule has 2 rings (SSSR count). The van der Waals surface area contributed by atoms with Gasteiger partial charge < -0.3 is 16.4 Å². The first-order valence-electron chi connectivity index (χ1n) is 7.63. The molecule has 0 radical (unpaired) electrons. The van der Waals surface area contributed by atoms with Gasteiger partial charge in [-0.15, -0.1) is 0 Å². The molecule has 0 bridgehead atoms. The zero-order valence-electron chi connectivity index (χ0n) is 13.8. The molecule has 2 aromatic carbocycles. The number of benzene rings is 2. The zero-order chi connectivity index (χ0) is 20.0. The van der Waals surface area contributed by atoms with Gasteiger partial charge in [0.15, 0.2) is 0 Å². The molecule has 0 saturated carbocycles. The van der Waals surface area contributed by atoms with E-state index < -0.39 is 23.7 Å². The van der Waals surface area contributed by atoms with E-state index in [-0.39, 0.29) is 17.1 Å². The average Bonchev–Trinajstić information content (AvgIpc) is 2.59. The quantitative estimate of drug-likeness (QED) is 0.661. The lowest BCUT2D eigenvalue weighted by atomic mass is 10.1. The molecule has 0 spiro atoms. The Morgan fingerprint density at radius 2 is 1.78 bits per heavy atom. The number of nitrogens with two attached hydrogens (primary N) is 1. The van der Waals surface area contributed by atoms with Crippen LogP contribution in [0.2, 0.25) is 5.02 Å². The third kappa shape index (κ3) is 6.34. The molecule has 0 aliphatic rings. The summed E-state index contributed by atoms with van der Waals surface area (Å²) in [4.78, 5) is 22.6. The van der Waals surface area contributed by atoms with Crippen LogP contribution in [0, 0.1) is 0 Å². The summed E-state index contributed by atoms with van der Waals surface area (Å²) >= 11 is 5.86. The molecular formula is C18H15ClF3N3O2. The topological polar surface area (TPSA) is 84.2 Å². The summed E-state index contributed by atoms with van der Waals surface area (Å²) < 4.78 is 38.2. The van der Waals surface area contributed by atoms with E-state index in [0.717, 1.165) is 29.8 Å². The monoisotopic (exact) mass is 397 g/mol. The van der Waals surface area contributed by atoms with Crippen molar-refractivity contribution in [3.05, 3.63) is 70.3 Å². The Balaban J connectivity index is 1.96. The highest BCUT2D eigenvalue weighted by Gasteiger charge is 2.30. The molecule has 4 N–H and O–H groups in total. The van der Waals surface area contributed by atoms with E-state index in [1.54, 1.807) is 24.3 Å². The SMILES string of the molecule is NC(=O)Nc1ccc(CNC(=O)/C=C/c2cc(C(F)(F)F)ccc2Cl)cc1. The van der Waals surface area contributed by atoms with Crippen LogP contribution in [-0.2, 0) is 17.5 Å². The number of carbonyl (C=O) groups excluding carboxylic acids is 2. The predicted molar refractivity (Wildman–Crippen MR) is 97.0 cm³/mol. The smallest absolute Gasteiger partial charge is 0.351 e. The first-order valence-corrected chi connectivity index (χ1v) is 8.01. The van der Waals surface area contributed by atoms with E-state index in [1.807, 2.05) is 0 Å². The van der Waals surface area contributed by atoms with Crippen molar-refractivity contribution in [2.45, 2.75) is 12.7 Å². The van der Waals surface area contributed by atoms with Crippen LogP contribution in [-0.4, -0.2) is 11.9 Å². The molecule has 0 aromatic heterocycles. The Hall–Kier alpha value is -3.00. The summed E-state index contributed by atoms with van der Waals surface area (Å²) in [6, 6.07) is 8.78. The summed E-state index contributed by atoms with van der Waals surface area (Å²) in [5, 5.41) is 5.10. The molecule has 5 nitrogen and oxygen atoms in total. The minimum absolute atomic E-state index is 0.0866. The van der Waals surface area contributed by atoms with Gasteiger partial charge in [0.25, 0.3) is 0 Å². The van der Waals surface area contributed by atoms with Crippen molar-refractivity contribution < 1.29 is 22.8 Å². The normalized spacial score (nSPS) is 11.4. The fraction of sp³-hybridized carbons (Fsp3) is 0.111. The van der Waals surface area contributed by atoms with Crippen LogP contribution in [0.3, 0.4) is 0 Å². The van der Waals surface area contributed by atoms with Crippen LogP contribution in [0.5, 0.6) is 0 Å². The van der Waals surface area contributed by atoms with Crippen molar-refractivity contribution in [1.29, 1.82) is 0 Å². The molecule has 0 heterocycles. The Morgan fingerprint density at radius 1 is 1.11 bits per heavy atom. The van der Waals surface area contributed by atoms with Gasteiger partial charge in [-0.25, -0.2) is 4.79 Å². The minimum Gasteiger partial charge on any atom is -0.351 e. The second kappa shape index (κ2) is 8.59. The van der Waals surface area contributed by atoms with Crippen molar-refractivity contribution >= 4 is 35.3 Å². The molecule has 0 aliphatic carbocycles. The number of urea groups is 1. The molecule has 2 aromatic rings. The minimum atomic E-state index is -4.50. The number of halogens is 4. The van der Waals surface area contributed by atoms with E-state index in [0.29, 0.717) is 5.69 Å². The Morgan fingerprint density at radius 3 is 2.37 bits per heavy atom. The number of rotatable bonds is 5. The summed E-state index contributed by atoms with van der Waals surface area (Å²) in [5.74, 6) is -0.497. The Labute approximate surface area is 158 Å². The maximum atomic E-state index is 12.7. The zero-order valence-corrected chi connectivity index (χ0v) is 14.6. The van der Waals surface area contributed by atoms with Gasteiger partial charge in [0, 0.05) is 23.3 Å². The van der Waals surface area contributed by atoms with Crippen LogP contribution in [0.4, 0.5) is 23.7 Å². The lowest BCUT2D eigenvalue weighted by Gasteiger charge is -2.08. The molecule has 0 fully saturated rings. The van der Waals surface area contributed by atoms with Gasteiger partial charge >= 0.3 is 12.2 Å². The molecule has 142 valence electrons. The van der Waals surface area contributed by atoms with E-state index in [4.69, 9.17) is 17.3 Å². The second-order valence-corrected chi connectivity index (χ2v) is 5.88. The Kier molecular flexibility index (Phi) is 6.46. The molecule has 9 heteroatoms. The number of hydrogen-bond acceptors (Lipinski definition) is 2. The van der Waals surface area contributed by atoms with Crippen LogP contribution < -0.4 is 16.4 Å². The van der Waals surface area contributed by atoms with Crippen molar-refractivity contribution in [2.75, 3.05) is 5.32 Å². The van der Waals surface area contributed by atoms with Gasteiger partial charge in [-0.05, 0) is 47.5 Å². The lowest BCUT2D eigenvalue weighted by molar-refractivity contribution is -0.137. The van der Waals surface area contributed by atoms with Crippen LogP contribution in [0.1, 0.15) is 16.7 Å². The number of alkyl halides is 3. The molecule has 0 atom stereocenters. The van der Waals surface area contributed by atoms with Gasteiger partial charge in [-0.3, -0.25) is 4.79 Å². The van der Waals surface area contributed by atoms with E-state index in [1.165, 1.54) is 6.08 Å². The standard InChI is InChI=1S/C18H15ClF3N3O2/c19-15-7-4-13(18(20,21)22)9-12(15)3-8-16(26)24-10-11-1-5-14(6-2-11)25-17(23)27/h1-9H,10H2,(H,24,26)(H3,23,25,27)/b8-3+. The van der Waals surface area contributed by atoms with Crippen LogP contribution in [0.15, 0.2) is 48.5 Å². The second-order valence-electron chi connectivity index (χ2n) is 5.47. The fourth-order valence-corrected chi connectivity index (χ4v) is 2.29.